The number of carboxylic acid groups (broad SMARTS) is 1. The van der Waals surface area contributed by atoms with E-state index in [1.165, 1.54) is 0 Å². The van der Waals surface area contributed by atoms with Crippen molar-refractivity contribution in [2.75, 3.05) is 0 Å². The Morgan fingerprint density at radius 2 is 1.93 bits per heavy atom. The number of aliphatic carboxylic acids is 1. The molecule has 5 nitrogen and oxygen atoms in total. The normalized spacial score (nSPS) is 18.4. The van der Waals surface area contributed by atoms with Crippen molar-refractivity contribution >= 4 is 24.7 Å². The third-order valence-electron chi connectivity index (χ3n) is 5.32. The van der Waals surface area contributed by atoms with Gasteiger partial charge in [-0.1, -0.05) is 42.3 Å². The lowest BCUT2D eigenvalue weighted by Crippen LogP contribution is -2.18. The molecule has 0 unspecified atom stereocenters. The highest BCUT2D eigenvalue weighted by molar-refractivity contribution is 6.40. The van der Waals surface area contributed by atoms with Gasteiger partial charge in [0.2, 0.25) is 0 Å². The molecule has 0 heterocycles. The fourth-order valence-corrected chi connectivity index (χ4v) is 4.25. The minimum Gasteiger partial charge on any atom is -0.481 e. The van der Waals surface area contributed by atoms with Crippen LogP contribution in [0.2, 0.25) is 11.3 Å². The number of halogens is 1. The Balaban J connectivity index is 1.91. The third kappa shape index (κ3) is 4.35. The minimum absolute atomic E-state index is 0.0674. The van der Waals surface area contributed by atoms with Gasteiger partial charge in [0.15, 0.2) is 0 Å². The summed E-state index contributed by atoms with van der Waals surface area (Å²) < 4.78 is 0. The summed E-state index contributed by atoms with van der Waals surface area (Å²) in [4.78, 5) is 11.9. The fraction of sp³-hybridized carbons (Fsp3) is 0.350. The molecule has 0 saturated heterocycles. The highest BCUT2D eigenvalue weighted by atomic mass is 35.5. The number of carbonyl (C=O) groups is 1. The van der Waals surface area contributed by atoms with Gasteiger partial charge in [-0.15, -0.1) is 0 Å². The van der Waals surface area contributed by atoms with Crippen LogP contribution in [0, 0.1) is 5.92 Å². The average molecular weight is 388 g/mol. The maximum atomic E-state index is 11.9. The maximum absolute atomic E-state index is 11.9. The second-order valence-corrected chi connectivity index (χ2v) is 7.53. The number of benzene rings is 2. The van der Waals surface area contributed by atoms with Crippen molar-refractivity contribution in [2.24, 2.45) is 11.7 Å². The van der Waals surface area contributed by atoms with Crippen molar-refractivity contribution in [3.05, 3.63) is 58.1 Å². The highest BCUT2D eigenvalue weighted by Crippen LogP contribution is 2.44. The number of rotatable bonds is 7. The smallest absolute Gasteiger partial charge is 0.451 e. The van der Waals surface area contributed by atoms with Gasteiger partial charge >= 0.3 is 13.1 Å². The summed E-state index contributed by atoms with van der Waals surface area (Å²) in [6.07, 6.45) is 2.08. The van der Waals surface area contributed by atoms with Crippen LogP contribution in [0.1, 0.15) is 35.4 Å². The lowest BCUT2D eigenvalue weighted by atomic mass is 9.80. The Labute approximate surface area is 163 Å². The zero-order chi connectivity index (χ0) is 19.6. The number of hydrogen-bond donors (Lipinski definition) is 4. The van der Waals surface area contributed by atoms with Gasteiger partial charge in [-0.3, -0.25) is 4.79 Å². The summed E-state index contributed by atoms with van der Waals surface area (Å²) in [7, 11) is -1.35. The molecule has 0 fully saturated rings. The topological polar surface area (TPSA) is 104 Å². The fourth-order valence-electron chi connectivity index (χ4n) is 3.96. The Hall–Kier alpha value is -1.86. The molecular formula is C20H23BClNO4. The van der Waals surface area contributed by atoms with Gasteiger partial charge in [0, 0.05) is 17.1 Å². The van der Waals surface area contributed by atoms with E-state index in [0.29, 0.717) is 30.8 Å². The summed E-state index contributed by atoms with van der Waals surface area (Å²) in [5, 5.41) is 28.4. The Kier molecular flexibility index (Phi) is 6.22. The molecule has 1 aliphatic carbocycles. The Bertz CT molecular complexity index is 825. The van der Waals surface area contributed by atoms with Crippen LogP contribution in [0.15, 0.2) is 36.4 Å². The van der Waals surface area contributed by atoms with Crippen molar-refractivity contribution in [3.8, 4) is 11.1 Å². The van der Waals surface area contributed by atoms with E-state index in [4.69, 9.17) is 27.4 Å². The standard InChI is InChI=1S/C20H23BClNO4/c22-18-9-15-8-14(2-1-7-21(26)27)19(20(24)25)17(15)10-16(18)13-5-3-12(11-23)4-6-13/h3-6,9-10,14,19,26-27H,1-2,7-8,11,23H2,(H,24,25)/t14-,19-/m0/s1. The number of fused-ring (bicyclic) bond motifs is 1. The zero-order valence-electron chi connectivity index (χ0n) is 14.9. The molecule has 3 rings (SSSR count). The van der Waals surface area contributed by atoms with Crippen molar-refractivity contribution in [1.29, 1.82) is 0 Å². The first-order valence-corrected chi connectivity index (χ1v) is 9.49. The van der Waals surface area contributed by atoms with Crippen molar-refractivity contribution < 1.29 is 19.9 Å². The molecule has 0 spiro atoms. The molecular weight excluding hydrogens is 364 g/mol. The summed E-state index contributed by atoms with van der Waals surface area (Å²) >= 11 is 6.50. The van der Waals surface area contributed by atoms with Crippen LogP contribution in [0.5, 0.6) is 0 Å². The van der Waals surface area contributed by atoms with E-state index in [1.807, 2.05) is 36.4 Å². The largest absolute Gasteiger partial charge is 0.481 e. The first-order valence-electron chi connectivity index (χ1n) is 9.11. The van der Waals surface area contributed by atoms with Crippen LogP contribution in [0.4, 0.5) is 0 Å². The van der Waals surface area contributed by atoms with Crippen LogP contribution in [0.25, 0.3) is 11.1 Å². The van der Waals surface area contributed by atoms with Gasteiger partial charge in [0.25, 0.3) is 0 Å². The SMILES string of the molecule is NCc1ccc(-c2cc3c(cc2Cl)C[C@H](CCCB(O)O)[C@@H]3C(=O)O)cc1. The van der Waals surface area contributed by atoms with E-state index in [1.54, 1.807) is 0 Å². The van der Waals surface area contributed by atoms with E-state index in [9.17, 15) is 9.90 Å². The predicted molar refractivity (Wildman–Crippen MR) is 107 cm³/mol. The van der Waals surface area contributed by atoms with Crippen LogP contribution >= 0.6 is 11.6 Å². The molecule has 0 saturated carbocycles. The summed E-state index contributed by atoms with van der Waals surface area (Å²) in [5.41, 5.74) is 10.2. The summed E-state index contributed by atoms with van der Waals surface area (Å²) in [6, 6.07) is 11.5. The number of carboxylic acids is 1. The van der Waals surface area contributed by atoms with E-state index in [-0.39, 0.29) is 12.2 Å². The molecule has 0 radical (unpaired) electrons. The molecule has 2 atom stereocenters. The van der Waals surface area contributed by atoms with Crippen molar-refractivity contribution in [2.45, 2.75) is 38.0 Å². The maximum Gasteiger partial charge on any atom is 0.451 e. The molecule has 2 aromatic rings. The molecule has 7 heteroatoms. The lowest BCUT2D eigenvalue weighted by molar-refractivity contribution is -0.139. The minimum atomic E-state index is -1.35. The monoisotopic (exact) mass is 387 g/mol. The van der Waals surface area contributed by atoms with E-state index in [0.717, 1.165) is 27.8 Å². The zero-order valence-corrected chi connectivity index (χ0v) is 15.7. The van der Waals surface area contributed by atoms with Gasteiger partial charge in [-0.05, 0) is 59.5 Å². The number of nitrogens with two attached hydrogens (primary N) is 1. The predicted octanol–water partition coefficient (Wildman–Crippen LogP) is 3.06. The highest BCUT2D eigenvalue weighted by Gasteiger charge is 2.38. The second-order valence-electron chi connectivity index (χ2n) is 7.12. The van der Waals surface area contributed by atoms with E-state index in [2.05, 4.69) is 0 Å². The van der Waals surface area contributed by atoms with E-state index < -0.39 is 19.0 Å². The van der Waals surface area contributed by atoms with Gasteiger partial charge in [-0.25, -0.2) is 0 Å². The van der Waals surface area contributed by atoms with Crippen molar-refractivity contribution in [3.63, 3.8) is 0 Å². The molecule has 142 valence electrons. The molecule has 5 N–H and O–H groups in total. The average Bonchev–Trinajstić information content (AvgIpc) is 2.98. The van der Waals surface area contributed by atoms with Crippen molar-refractivity contribution in [1.82, 2.24) is 0 Å². The van der Waals surface area contributed by atoms with Gasteiger partial charge in [0.05, 0.1) is 5.92 Å². The molecule has 0 bridgehead atoms. The third-order valence-corrected chi connectivity index (χ3v) is 5.63. The van der Waals surface area contributed by atoms with Crippen LogP contribution < -0.4 is 5.73 Å². The molecule has 27 heavy (non-hydrogen) atoms. The molecule has 0 amide bonds. The summed E-state index contributed by atoms with van der Waals surface area (Å²) in [6.45, 7) is 0.462. The molecule has 2 aromatic carbocycles. The first-order chi connectivity index (χ1) is 12.9. The van der Waals surface area contributed by atoms with E-state index >= 15 is 0 Å². The number of hydrogen-bond acceptors (Lipinski definition) is 4. The first kappa shape index (κ1) is 19.9. The quantitative estimate of drug-likeness (QED) is 0.547. The van der Waals surface area contributed by atoms with Crippen LogP contribution in [-0.2, 0) is 17.8 Å². The van der Waals surface area contributed by atoms with Gasteiger partial charge < -0.3 is 20.9 Å². The van der Waals surface area contributed by atoms with Crippen LogP contribution in [-0.4, -0.2) is 28.2 Å². The second kappa shape index (κ2) is 8.44. The Morgan fingerprint density at radius 1 is 1.22 bits per heavy atom. The summed E-state index contributed by atoms with van der Waals surface area (Å²) in [5.74, 6) is -1.52. The van der Waals surface area contributed by atoms with Gasteiger partial charge in [0.1, 0.15) is 0 Å². The van der Waals surface area contributed by atoms with Gasteiger partial charge in [-0.2, -0.15) is 0 Å². The molecule has 0 aliphatic heterocycles. The Morgan fingerprint density at radius 3 is 2.52 bits per heavy atom. The molecule has 1 aliphatic rings. The lowest BCUT2D eigenvalue weighted by Gasteiger charge is -2.17. The molecule has 0 aromatic heterocycles. The van der Waals surface area contributed by atoms with Crippen LogP contribution in [0.3, 0.4) is 0 Å².